The number of rotatable bonds is 5. The first kappa shape index (κ1) is 9.39. The van der Waals surface area contributed by atoms with Crippen LogP contribution in [0.25, 0.3) is 0 Å². The molecule has 0 saturated heterocycles. The molecule has 0 heterocycles. The molecule has 0 rings (SSSR count). The van der Waals surface area contributed by atoms with E-state index in [1.165, 1.54) is 0 Å². The molecule has 1 amide bonds. The summed E-state index contributed by atoms with van der Waals surface area (Å²) in [4.78, 5) is 10.2. The number of amides is 1. The van der Waals surface area contributed by atoms with E-state index in [0.29, 0.717) is 0 Å². The Morgan fingerprint density at radius 3 is 2.80 bits per heavy atom. The van der Waals surface area contributed by atoms with Crippen molar-refractivity contribution in [2.75, 3.05) is 20.2 Å². The lowest BCUT2D eigenvalue weighted by molar-refractivity contribution is -0.124. The number of ether oxygens (including phenoxy) is 1. The zero-order valence-electron chi connectivity index (χ0n) is 6.39. The number of primary amides is 1. The Hall–Kier alpha value is -0.610. The number of carbonyl (C=O) groups is 1. The van der Waals surface area contributed by atoms with Crippen LogP contribution in [0.5, 0.6) is 0 Å². The monoisotopic (exact) mass is 146 g/mol. The molecule has 0 saturated carbocycles. The molecule has 0 aliphatic heterocycles. The lowest BCUT2D eigenvalue weighted by atomic mass is 10.4. The van der Waals surface area contributed by atoms with E-state index in [-0.39, 0.29) is 12.7 Å². The Kier molecular flexibility index (Phi) is 4.88. The fourth-order valence-corrected chi connectivity index (χ4v) is 0.571. The van der Waals surface area contributed by atoms with E-state index in [1.807, 2.05) is 14.0 Å². The quantitative estimate of drug-likeness (QED) is 0.528. The maximum Gasteiger partial charge on any atom is 0.243 e. The van der Waals surface area contributed by atoms with Gasteiger partial charge in [0.2, 0.25) is 5.91 Å². The van der Waals surface area contributed by atoms with Crippen LogP contribution < -0.4 is 11.1 Å². The van der Waals surface area contributed by atoms with E-state index < -0.39 is 5.91 Å². The van der Waals surface area contributed by atoms with E-state index in [1.54, 1.807) is 0 Å². The molecule has 4 nitrogen and oxygen atoms in total. The van der Waals surface area contributed by atoms with Crippen molar-refractivity contribution < 1.29 is 9.53 Å². The van der Waals surface area contributed by atoms with Crippen LogP contribution in [0.4, 0.5) is 0 Å². The van der Waals surface area contributed by atoms with Crippen LogP contribution in [-0.4, -0.2) is 32.2 Å². The average molecular weight is 146 g/mol. The second-order valence-corrected chi connectivity index (χ2v) is 2.15. The first-order chi connectivity index (χ1) is 4.66. The summed E-state index contributed by atoms with van der Waals surface area (Å²) in [6, 6.07) is 0. The molecule has 3 N–H and O–H groups in total. The predicted molar refractivity (Wildman–Crippen MR) is 38.5 cm³/mol. The Morgan fingerprint density at radius 1 is 1.80 bits per heavy atom. The number of carbonyl (C=O) groups excluding carboxylic acids is 1. The largest absolute Gasteiger partial charge is 0.368 e. The fourth-order valence-electron chi connectivity index (χ4n) is 0.571. The van der Waals surface area contributed by atoms with Gasteiger partial charge in [-0.2, -0.15) is 0 Å². The van der Waals surface area contributed by atoms with Gasteiger partial charge in [0.15, 0.2) is 0 Å². The molecule has 0 radical (unpaired) electrons. The molecule has 0 aliphatic carbocycles. The second-order valence-electron chi connectivity index (χ2n) is 2.15. The highest BCUT2D eigenvalue weighted by Crippen LogP contribution is 1.85. The standard InChI is InChI=1S/C6H14N2O2/c1-5(3-8-2)10-4-6(7)9/h5,8H,3-4H2,1-2H3,(H2,7,9). The van der Waals surface area contributed by atoms with Crippen LogP contribution in [0.1, 0.15) is 6.92 Å². The molecular formula is C6H14N2O2. The smallest absolute Gasteiger partial charge is 0.243 e. The topological polar surface area (TPSA) is 64.3 Å². The Balaban J connectivity index is 3.21. The third-order valence-electron chi connectivity index (χ3n) is 1.00. The molecule has 0 aromatic carbocycles. The summed E-state index contributed by atoms with van der Waals surface area (Å²) in [5.41, 5.74) is 4.85. The summed E-state index contributed by atoms with van der Waals surface area (Å²) in [6.07, 6.45) is 0.0394. The van der Waals surface area contributed by atoms with Gasteiger partial charge >= 0.3 is 0 Å². The summed E-state index contributed by atoms with van der Waals surface area (Å²) >= 11 is 0. The molecule has 0 spiro atoms. The van der Waals surface area contributed by atoms with Crippen LogP contribution in [0.2, 0.25) is 0 Å². The van der Waals surface area contributed by atoms with Crippen LogP contribution in [0.3, 0.4) is 0 Å². The van der Waals surface area contributed by atoms with E-state index in [2.05, 4.69) is 5.32 Å². The highest BCUT2D eigenvalue weighted by Gasteiger charge is 2.01. The zero-order chi connectivity index (χ0) is 7.98. The van der Waals surface area contributed by atoms with Gasteiger partial charge in [0.05, 0.1) is 6.10 Å². The van der Waals surface area contributed by atoms with Gasteiger partial charge in [-0.1, -0.05) is 0 Å². The highest BCUT2D eigenvalue weighted by molar-refractivity contribution is 5.74. The number of likely N-dealkylation sites (N-methyl/N-ethyl adjacent to an activating group) is 1. The SMILES string of the molecule is CNCC(C)OCC(N)=O. The first-order valence-electron chi connectivity index (χ1n) is 3.21. The molecule has 0 bridgehead atoms. The molecule has 10 heavy (non-hydrogen) atoms. The van der Waals surface area contributed by atoms with Gasteiger partial charge in [0.25, 0.3) is 0 Å². The maximum atomic E-state index is 10.2. The number of nitrogens with one attached hydrogen (secondary N) is 1. The minimum Gasteiger partial charge on any atom is -0.368 e. The molecule has 1 atom stereocenters. The van der Waals surface area contributed by atoms with E-state index >= 15 is 0 Å². The third-order valence-corrected chi connectivity index (χ3v) is 1.00. The summed E-state index contributed by atoms with van der Waals surface area (Å²) in [7, 11) is 1.82. The van der Waals surface area contributed by atoms with Gasteiger partial charge in [0.1, 0.15) is 6.61 Å². The fraction of sp³-hybridized carbons (Fsp3) is 0.833. The van der Waals surface area contributed by atoms with Crippen LogP contribution in [-0.2, 0) is 9.53 Å². The minimum atomic E-state index is -0.428. The lowest BCUT2D eigenvalue weighted by Crippen LogP contribution is -2.28. The lowest BCUT2D eigenvalue weighted by Gasteiger charge is -2.09. The van der Waals surface area contributed by atoms with E-state index in [0.717, 1.165) is 6.54 Å². The van der Waals surface area contributed by atoms with E-state index in [9.17, 15) is 4.79 Å². The van der Waals surface area contributed by atoms with Crippen LogP contribution in [0.15, 0.2) is 0 Å². The Bertz CT molecular complexity index is 106. The minimum absolute atomic E-state index is 0.00282. The Labute approximate surface area is 60.7 Å². The van der Waals surface area contributed by atoms with Gasteiger partial charge in [-0.05, 0) is 14.0 Å². The van der Waals surface area contributed by atoms with Gasteiger partial charge in [-0.3, -0.25) is 4.79 Å². The van der Waals surface area contributed by atoms with Crippen LogP contribution in [0, 0.1) is 0 Å². The molecular weight excluding hydrogens is 132 g/mol. The van der Waals surface area contributed by atoms with Crippen LogP contribution >= 0.6 is 0 Å². The predicted octanol–water partition coefficient (Wildman–Crippen LogP) is -0.904. The average Bonchev–Trinajstić information content (AvgIpc) is 1.85. The van der Waals surface area contributed by atoms with Crippen molar-refractivity contribution in [3.63, 3.8) is 0 Å². The number of hydrogen-bond donors (Lipinski definition) is 2. The molecule has 60 valence electrons. The summed E-state index contributed by atoms with van der Waals surface area (Å²) in [5, 5.41) is 2.91. The van der Waals surface area contributed by atoms with Crippen molar-refractivity contribution in [3.8, 4) is 0 Å². The van der Waals surface area contributed by atoms with Gasteiger partial charge < -0.3 is 15.8 Å². The number of hydrogen-bond acceptors (Lipinski definition) is 3. The molecule has 0 fully saturated rings. The molecule has 1 unspecified atom stereocenters. The summed E-state index contributed by atoms with van der Waals surface area (Å²) < 4.78 is 5.01. The molecule has 0 aromatic heterocycles. The first-order valence-corrected chi connectivity index (χ1v) is 3.21. The zero-order valence-corrected chi connectivity index (χ0v) is 6.39. The van der Waals surface area contributed by atoms with Crippen molar-refractivity contribution in [2.45, 2.75) is 13.0 Å². The van der Waals surface area contributed by atoms with Crippen molar-refractivity contribution >= 4 is 5.91 Å². The summed E-state index contributed by atoms with van der Waals surface area (Å²) in [5.74, 6) is -0.428. The second kappa shape index (κ2) is 5.20. The number of nitrogens with two attached hydrogens (primary N) is 1. The maximum absolute atomic E-state index is 10.2. The van der Waals surface area contributed by atoms with Crippen molar-refractivity contribution in [1.82, 2.24) is 5.32 Å². The summed E-state index contributed by atoms with van der Waals surface area (Å²) in [6.45, 7) is 2.61. The molecule has 0 aromatic rings. The Morgan fingerprint density at radius 2 is 2.40 bits per heavy atom. The van der Waals surface area contributed by atoms with Gasteiger partial charge in [0, 0.05) is 6.54 Å². The van der Waals surface area contributed by atoms with Gasteiger partial charge in [-0.15, -0.1) is 0 Å². The van der Waals surface area contributed by atoms with Crippen molar-refractivity contribution in [3.05, 3.63) is 0 Å². The third kappa shape index (κ3) is 5.53. The van der Waals surface area contributed by atoms with E-state index in [4.69, 9.17) is 10.5 Å². The van der Waals surface area contributed by atoms with Crippen molar-refractivity contribution in [2.24, 2.45) is 5.73 Å². The van der Waals surface area contributed by atoms with Crippen molar-refractivity contribution in [1.29, 1.82) is 0 Å². The van der Waals surface area contributed by atoms with Gasteiger partial charge in [-0.25, -0.2) is 0 Å². The normalized spacial score (nSPS) is 13.0. The molecule has 0 aliphatic rings. The highest BCUT2D eigenvalue weighted by atomic mass is 16.5. The molecule has 4 heteroatoms.